The van der Waals surface area contributed by atoms with Crippen molar-refractivity contribution in [1.29, 1.82) is 0 Å². The SMILES string of the molecule is CC1(CNC(=O)N2CCCCC2C(=O)O)CCOCC1. The molecule has 2 N–H and O–H groups in total. The molecule has 0 saturated carbocycles. The largest absolute Gasteiger partial charge is 0.480 e. The molecule has 2 fully saturated rings. The van der Waals surface area contributed by atoms with E-state index in [-0.39, 0.29) is 11.4 Å². The predicted octanol–water partition coefficient (Wildman–Crippen LogP) is 1.45. The summed E-state index contributed by atoms with van der Waals surface area (Å²) in [5.74, 6) is -0.905. The van der Waals surface area contributed by atoms with Gasteiger partial charge in [0.25, 0.3) is 0 Å². The van der Waals surface area contributed by atoms with Gasteiger partial charge in [0.15, 0.2) is 0 Å². The van der Waals surface area contributed by atoms with E-state index in [1.807, 2.05) is 0 Å². The number of ether oxygens (including phenoxy) is 1. The maximum Gasteiger partial charge on any atom is 0.326 e. The number of piperidine rings is 1. The van der Waals surface area contributed by atoms with Crippen molar-refractivity contribution < 1.29 is 19.4 Å². The minimum atomic E-state index is -0.905. The van der Waals surface area contributed by atoms with Gasteiger partial charge >= 0.3 is 12.0 Å². The van der Waals surface area contributed by atoms with Gasteiger partial charge in [0, 0.05) is 26.3 Å². The van der Waals surface area contributed by atoms with Crippen LogP contribution in [0.15, 0.2) is 0 Å². The lowest BCUT2D eigenvalue weighted by molar-refractivity contribution is -0.143. The van der Waals surface area contributed by atoms with Crippen molar-refractivity contribution >= 4 is 12.0 Å². The maximum absolute atomic E-state index is 12.2. The third-order valence-corrected chi connectivity index (χ3v) is 4.42. The maximum atomic E-state index is 12.2. The van der Waals surface area contributed by atoms with Crippen molar-refractivity contribution in [3.05, 3.63) is 0 Å². The molecule has 0 bridgehead atoms. The second-order valence-corrected chi connectivity index (χ2v) is 6.12. The van der Waals surface area contributed by atoms with Crippen LogP contribution in [0.1, 0.15) is 39.0 Å². The molecule has 0 aromatic carbocycles. The molecule has 0 spiro atoms. The van der Waals surface area contributed by atoms with Crippen LogP contribution in [0, 0.1) is 5.41 Å². The van der Waals surface area contributed by atoms with E-state index in [9.17, 15) is 14.7 Å². The summed E-state index contributed by atoms with van der Waals surface area (Å²) in [4.78, 5) is 24.9. The molecule has 1 unspecified atom stereocenters. The normalized spacial score (nSPS) is 26.1. The number of nitrogens with zero attached hydrogens (tertiary/aromatic N) is 1. The van der Waals surface area contributed by atoms with Crippen molar-refractivity contribution in [3.8, 4) is 0 Å². The molecule has 2 saturated heterocycles. The number of rotatable bonds is 3. The molecule has 0 aromatic rings. The Kier molecular flexibility index (Phi) is 4.86. The zero-order valence-electron chi connectivity index (χ0n) is 12.1. The first-order chi connectivity index (χ1) is 9.52. The second-order valence-electron chi connectivity index (χ2n) is 6.12. The van der Waals surface area contributed by atoms with Crippen LogP contribution >= 0.6 is 0 Å². The number of nitrogens with one attached hydrogen (secondary N) is 1. The number of carboxylic acid groups (broad SMARTS) is 1. The number of urea groups is 1. The molecule has 1 atom stereocenters. The fraction of sp³-hybridized carbons (Fsp3) is 0.857. The second kappa shape index (κ2) is 6.43. The van der Waals surface area contributed by atoms with Gasteiger partial charge in [-0.25, -0.2) is 9.59 Å². The highest BCUT2D eigenvalue weighted by molar-refractivity contribution is 5.82. The van der Waals surface area contributed by atoms with Gasteiger partial charge in [-0.2, -0.15) is 0 Å². The average Bonchev–Trinajstić information content (AvgIpc) is 2.45. The number of carbonyl (C=O) groups is 2. The Bertz CT molecular complexity index is 366. The van der Waals surface area contributed by atoms with E-state index in [1.165, 1.54) is 4.90 Å². The zero-order chi connectivity index (χ0) is 14.6. The molecule has 114 valence electrons. The molecule has 20 heavy (non-hydrogen) atoms. The summed E-state index contributed by atoms with van der Waals surface area (Å²) in [6.07, 6.45) is 4.15. The van der Waals surface area contributed by atoms with Gasteiger partial charge in [-0.15, -0.1) is 0 Å². The average molecular weight is 284 g/mol. The van der Waals surface area contributed by atoms with Gasteiger partial charge in [0.1, 0.15) is 6.04 Å². The first-order valence-corrected chi connectivity index (χ1v) is 7.37. The van der Waals surface area contributed by atoms with Crippen LogP contribution in [0.5, 0.6) is 0 Å². The minimum Gasteiger partial charge on any atom is -0.480 e. The zero-order valence-corrected chi connectivity index (χ0v) is 12.1. The molecule has 2 aliphatic rings. The molecule has 6 heteroatoms. The summed E-state index contributed by atoms with van der Waals surface area (Å²) in [5, 5.41) is 12.1. The van der Waals surface area contributed by atoms with Crippen LogP contribution in [0.4, 0.5) is 4.79 Å². The summed E-state index contributed by atoms with van der Waals surface area (Å²) >= 11 is 0. The third kappa shape index (κ3) is 3.62. The summed E-state index contributed by atoms with van der Waals surface area (Å²) < 4.78 is 5.34. The Morgan fingerprint density at radius 3 is 2.70 bits per heavy atom. The van der Waals surface area contributed by atoms with Crippen molar-refractivity contribution in [2.24, 2.45) is 5.41 Å². The van der Waals surface area contributed by atoms with Crippen LogP contribution in [0.25, 0.3) is 0 Å². The number of likely N-dealkylation sites (tertiary alicyclic amines) is 1. The Hall–Kier alpha value is -1.30. The number of carboxylic acids is 1. The molecule has 0 aromatic heterocycles. The van der Waals surface area contributed by atoms with E-state index < -0.39 is 12.0 Å². The van der Waals surface area contributed by atoms with Gasteiger partial charge in [-0.05, 0) is 37.5 Å². The lowest BCUT2D eigenvalue weighted by atomic mass is 9.82. The molecular weight excluding hydrogens is 260 g/mol. The summed E-state index contributed by atoms with van der Waals surface area (Å²) in [5.41, 5.74) is 0.0580. The minimum absolute atomic E-state index is 0.0580. The van der Waals surface area contributed by atoms with E-state index in [0.717, 1.165) is 38.9 Å². The fourth-order valence-corrected chi connectivity index (χ4v) is 2.86. The first kappa shape index (κ1) is 15.1. The summed E-state index contributed by atoms with van der Waals surface area (Å²) in [6.45, 7) is 4.71. The van der Waals surface area contributed by atoms with E-state index in [2.05, 4.69) is 12.2 Å². The third-order valence-electron chi connectivity index (χ3n) is 4.42. The van der Waals surface area contributed by atoms with Crippen molar-refractivity contribution in [2.75, 3.05) is 26.3 Å². The molecule has 6 nitrogen and oxygen atoms in total. The monoisotopic (exact) mass is 284 g/mol. The topological polar surface area (TPSA) is 78.9 Å². The molecule has 2 rings (SSSR count). The van der Waals surface area contributed by atoms with E-state index in [4.69, 9.17) is 4.74 Å². The van der Waals surface area contributed by atoms with E-state index >= 15 is 0 Å². The highest BCUT2D eigenvalue weighted by Crippen LogP contribution is 2.28. The van der Waals surface area contributed by atoms with Crippen molar-refractivity contribution in [1.82, 2.24) is 10.2 Å². The molecule has 2 heterocycles. The summed E-state index contributed by atoms with van der Waals surface area (Å²) in [7, 11) is 0. The van der Waals surface area contributed by atoms with E-state index in [0.29, 0.717) is 19.5 Å². The van der Waals surface area contributed by atoms with Gasteiger partial charge in [-0.3, -0.25) is 0 Å². The smallest absolute Gasteiger partial charge is 0.326 e. The lowest BCUT2D eigenvalue weighted by Gasteiger charge is -2.36. The lowest BCUT2D eigenvalue weighted by Crippen LogP contribution is -2.53. The van der Waals surface area contributed by atoms with Gasteiger partial charge in [0.2, 0.25) is 0 Å². The number of aliphatic carboxylic acids is 1. The Morgan fingerprint density at radius 1 is 1.35 bits per heavy atom. The first-order valence-electron chi connectivity index (χ1n) is 7.37. The number of hydrogen-bond acceptors (Lipinski definition) is 3. The fourth-order valence-electron chi connectivity index (χ4n) is 2.86. The summed E-state index contributed by atoms with van der Waals surface area (Å²) in [6, 6.07) is -0.920. The number of carbonyl (C=O) groups excluding carboxylic acids is 1. The molecular formula is C14H24N2O4. The Balaban J connectivity index is 1.88. The van der Waals surface area contributed by atoms with Gasteiger partial charge in [0.05, 0.1) is 0 Å². The van der Waals surface area contributed by atoms with Crippen LogP contribution in [-0.4, -0.2) is 54.4 Å². The number of amides is 2. The van der Waals surface area contributed by atoms with Crippen molar-refractivity contribution in [3.63, 3.8) is 0 Å². The Morgan fingerprint density at radius 2 is 2.05 bits per heavy atom. The molecule has 2 amide bonds. The number of hydrogen-bond donors (Lipinski definition) is 2. The van der Waals surface area contributed by atoms with Crippen LogP contribution in [0.3, 0.4) is 0 Å². The van der Waals surface area contributed by atoms with Gasteiger partial charge < -0.3 is 20.1 Å². The standard InChI is InChI=1S/C14H24N2O4/c1-14(5-8-20-9-6-14)10-15-13(19)16-7-3-2-4-11(16)12(17)18/h11H,2-10H2,1H3,(H,15,19)(H,17,18). The molecule has 2 aliphatic heterocycles. The molecule has 0 radical (unpaired) electrons. The quantitative estimate of drug-likeness (QED) is 0.822. The highest BCUT2D eigenvalue weighted by Gasteiger charge is 2.33. The van der Waals surface area contributed by atoms with Crippen LogP contribution in [-0.2, 0) is 9.53 Å². The molecule has 0 aliphatic carbocycles. The van der Waals surface area contributed by atoms with Crippen LogP contribution < -0.4 is 5.32 Å². The van der Waals surface area contributed by atoms with Gasteiger partial charge in [-0.1, -0.05) is 6.92 Å². The van der Waals surface area contributed by atoms with Crippen molar-refractivity contribution in [2.45, 2.75) is 45.1 Å². The predicted molar refractivity (Wildman–Crippen MR) is 73.5 cm³/mol. The van der Waals surface area contributed by atoms with Crippen LogP contribution in [0.2, 0.25) is 0 Å². The van der Waals surface area contributed by atoms with E-state index in [1.54, 1.807) is 0 Å². The Labute approximate surface area is 119 Å². The highest BCUT2D eigenvalue weighted by atomic mass is 16.5.